The van der Waals surface area contributed by atoms with Crippen molar-refractivity contribution in [3.63, 3.8) is 0 Å². The summed E-state index contributed by atoms with van der Waals surface area (Å²) in [6.07, 6.45) is 2.76. The normalized spacial score (nSPS) is 11.2. The lowest BCUT2D eigenvalue weighted by Gasteiger charge is -2.09. The highest BCUT2D eigenvalue weighted by Gasteiger charge is 2.22. The van der Waals surface area contributed by atoms with E-state index < -0.39 is 5.97 Å². The minimum atomic E-state index is -0.439. The number of hydrogen-bond acceptors (Lipinski definition) is 4. The third-order valence-electron chi connectivity index (χ3n) is 3.54. The predicted molar refractivity (Wildman–Crippen MR) is 108 cm³/mol. The number of ether oxygens (including phenoxy) is 1. The molecule has 7 heteroatoms. The summed E-state index contributed by atoms with van der Waals surface area (Å²) in [5.41, 5.74) is 1.95. The van der Waals surface area contributed by atoms with Crippen LogP contribution in [0.2, 0.25) is 10.0 Å². The molecule has 1 aromatic carbocycles. The highest BCUT2D eigenvalue weighted by atomic mass is 35.5. The lowest BCUT2D eigenvalue weighted by Crippen LogP contribution is -2.15. The van der Waals surface area contributed by atoms with Crippen molar-refractivity contribution in [2.24, 2.45) is 0 Å². The number of carbonyl (C=O) groups is 2. The molecular weight excluding hydrogens is 393 g/mol. The minimum Gasteiger partial charge on any atom is -0.459 e. The fraction of sp³-hybridized carbons (Fsp3) is 0.263. The Hall–Kier alpha value is -1.82. The van der Waals surface area contributed by atoms with Crippen molar-refractivity contribution in [2.45, 2.75) is 33.8 Å². The number of anilines is 1. The minimum absolute atomic E-state index is 0.236. The number of aryl methyl sites for hydroxylation is 1. The molecule has 1 amide bonds. The summed E-state index contributed by atoms with van der Waals surface area (Å²) in [7, 11) is 0. The third kappa shape index (κ3) is 5.10. The van der Waals surface area contributed by atoms with E-state index in [0.29, 0.717) is 20.6 Å². The average Bonchev–Trinajstić information content (AvgIpc) is 2.82. The summed E-state index contributed by atoms with van der Waals surface area (Å²) in [6, 6.07) is 5.08. The van der Waals surface area contributed by atoms with Crippen LogP contribution in [-0.2, 0) is 9.53 Å². The van der Waals surface area contributed by atoms with Crippen molar-refractivity contribution in [3.05, 3.63) is 55.9 Å². The molecule has 2 rings (SSSR count). The standard InChI is InChI=1S/C19H19Cl2NO3S/c1-10(2)25-19(24)17-11(3)12(4)26-18(17)22-16(23)8-6-13-5-7-14(20)15(21)9-13/h5-10H,1-4H3,(H,22,23)/b8-6-. The zero-order chi connectivity index (χ0) is 19.4. The van der Waals surface area contributed by atoms with Crippen molar-refractivity contribution in [3.8, 4) is 0 Å². The van der Waals surface area contributed by atoms with Gasteiger partial charge in [-0.25, -0.2) is 4.79 Å². The first-order valence-electron chi connectivity index (χ1n) is 7.94. The fourth-order valence-electron chi connectivity index (χ4n) is 2.18. The zero-order valence-electron chi connectivity index (χ0n) is 14.9. The van der Waals surface area contributed by atoms with E-state index in [4.69, 9.17) is 27.9 Å². The van der Waals surface area contributed by atoms with Crippen molar-refractivity contribution in [1.82, 2.24) is 0 Å². The number of thiophene rings is 1. The smallest absolute Gasteiger partial charge is 0.341 e. The zero-order valence-corrected chi connectivity index (χ0v) is 17.2. The van der Waals surface area contributed by atoms with Gasteiger partial charge in [-0.05, 0) is 57.0 Å². The van der Waals surface area contributed by atoms with E-state index in [1.54, 1.807) is 38.1 Å². The molecule has 0 saturated heterocycles. The second kappa shape index (κ2) is 8.71. The Labute approximate surface area is 166 Å². The lowest BCUT2D eigenvalue weighted by molar-refractivity contribution is -0.111. The topological polar surface area (TPSA) is 55.4 Å². The van der Waals surface area contributed by atoms with Gasteiger partial charge in [-0.2, -0.15) is 0 Å². The van der Waals surface area contributed by atoms with E-state index >= 15 is 0 Å². The molecule has 1 aromatic heterocycles. The van der Waals surface area contributed by atoms with Gasteiger partial charge in [0.15, 0.2) is 0 Å². The predicted octanol–water partition coefficient (Wildman–Crippen LogP) is 5.89. The van der Waals surface area contributed by atoms with Crippen molar-refractivity contribution < 1.29 is 14.3 Å². The summed E-state index contributed by atoms with van der Waals surface area (Å²) in [5, 5.41) is 4.10. The molecule has 0 atom stereocenters. The SMILES string of the molecule is Cc1sc(NC(=O)/C=C\c2ccc(Cl)c(Cl)c2)c(C(=O)OC(C)C)c1C. The second-order valence-corrected chi connectivity index (χ2v) is 7.98. The first-order valence-corrected chi connectivity index (χ1v) is 9.51. The number of nitrogens with one attached hydrogen (secondary N) is 1. The van der Waals surface area contributed by atoms with Crippen LogP contribution in [0.1, 0.15) is 40.2 Å². The molecule has 138 valence electrons. The largest absolute Gasteiger partial charge is 0.459 e. The molecule has 4 nitrogen and oxygen atoms in total. The molecule has 0 saturated carbocycles. The third-order valence-corrected chi connectivity index (χ3v) is 5.40. The Balaban J connectivity index is 2.18. The molecule has 2 aromatic rings. The average molecular weight is 412 g/mol. The first-order chi connectivity index (χ1) is 12.2. The summed E-state index contributed by atoms with van der Waals surface area (Å²) < 4.78 is 5.28. The van der Waals surface area contributed by atoms with Gasteiger partial charge in [0.05, 0.1) is 21.7 Å². The highest BCUT2D eigenvalue weighted by Crippen LogP contribution is 2.33. The number of benzene rings is 1. The van der Waals surface area contributed by atoms with Crippen molar-refractivity contribution in [2.75, 3.05) is 5.32 Å². The van der Waals surface area contributed by atoms with Crippen molar-refractivity contribution >= 4 is 57.5 Å². The van der Waals surface area contributed by atoms with E-state index in [2.05, 4.69) is 5.32 Å². The Morgan fingerprint density at radius 1 is 1.19 bits per heavy atom. The molecule has 0 bridgehead atoms. The Kier molecular flexibility index (Phi) is 6.87. The molecule has 1 N–H and O–H groups in total. The first kappa shape index (κ1) is 20.5. The van der Waals surface area contributed by atoms with Gasteiger partial charge in [0, 0.05) is 11.0 Å². The van der Waals surface area contributed by atoms with Crippen LogP contribution in [0.3, 0.4) is 0 Å². The Bertz CT molecular complexity index is 872. The molecule has 0 unspecified atom stereocenters. The Morgan fingerprint density at radius 2 is 1.88 bits per heavy atom. The van der Waals surface area contributed by atoms with E-state index in [1.165, 1.54) is 17.4 Å². The molecule has 0 spiro atoms. The molecule has 0 aliphatic carbocycles. The summed E-state index contributed by atoms with van der Waals surface area (Å²) in [5.74, 6) is -0.790. The number of halogens is 2. The monoisotopic (exact) mass is 411 g/mol. The van der Waals surface area contributed by atoms with Gasteiger partial charge < -0.3 is 10.1 Å². The van der Waals surface area contributed by atoms with Gasteiger partial charge in [-0.15, -0.1) is 11.3 Å². The lowest BCUT2D eigenvalue weighted by atomic mass is 10.1. The van der Waals surface area contributed by atoms with E-state index in [0.717, 1.165) is 16.0 Å². The van der Waals surface area contributed by atoms with E-state index in [1.807, 2.05) is 13.8 Å². The maximum absolute atomic E-state index is 12.3. The highest BCUT2D eigenvalue weighted by molar-refractivity contribution is 7.16. The van der Waals surface area contributed by atoms with Crippen LogP contribution >= 0.6 is 34.5 Å². The van der Waals surface area contributed by atoms with Gasteiger partial charge in [-0.3, -0.25) is 4.79 Å². The summed E-state index contributed by atoms with van der Waals surface area (Å²) >= 11 is 13.2. The van der Waals surface area contributed by atoms with Crippen LogP contribution in [0.5, 0.6) is 0 Å². The van der Waals surface area contributed by atoms with Crippen LogP contribution in [0.15, 0.2) is 24.3 Å². The number of rotatable bonds is 5. The fourth-order valence-corrected chi connectivity index (χ4v) is 3.53. The van der Waals surface area contributed by atoms with Crippen LogP contribution in [0.25, 0.3) is 6.08 Å². The van der Waals surface area contributed by atoms with E-state index in [-0.39, 0.29) is 12.0 Å². The summed E-state index contributed by atoms with van der Waals surface area (Å²) in [6.45, 7) is 7.30. The maximum Gasteiger partial charge on any atom is 0.341 e. The second-order valence-electron chi connectivity index (χ2n) is 5.94. The van der Waals surface area contributed by atoms with E-state index in [9.17, 15) is 9.59 Å². The molecule has 0 fully saturated rings. The molecular formula is C19H19Cl2NO3S. The quantitative estimate of drug-likeness (QED) is 0.492. The van der Waals surface area contributed by atoms with Gasteiger partial charge >= 0.3 is 5.97 Å². The molecule has 26 heavy (non-hydrogen) atoms. The molecule has 0 aliphatic rings. The molecule has 0 aliphatic heterocycles. The van der Waals surface area contributed by atoms with Gasteiger partial charge in [0.25, 0.3) is 0 Å². The van der Waals surface area contributed by atoms with Gasteiger partial charge in [0.2, 0.25) is 5.91 Å². The van der Waals surface area contributed by atoms with Gasteiger partial charge in [0.1, 0.15) is 5.00 Å². The molecule has 0 radical (unpaired) electrons. The van der Waals surface area contributed by atoms with Crippen LogP contribution in [-0.4, -0.2) is 18.0 Å². The van der Waals surface area contributed by atoms with Crippen LogP contribution < -0.4 is 5.32 Å². The Morgan fingerprint density at radius 3 is 2.50 bits per heavy atom. The number of carbonyl (C=O) groups excluding carboxylic acids is 2. The number of hydrogen-bond donors (Lipinski definition) is 1. The van der Waals surface area contributed by atoms with Crippen LogP contribution in [0, 0.1) is 13.8 Å². The molecule has 1 heterocycles. The summed E-state index contributed by atoms with van der Waals surface area (Å²) in [4.78, 5) is 25.5. The van der Waals surface area contributed by atoms with Gasteiger partial charge in [-0.1, -0.05) is 29.3 Å². The van der Waals surface area contributed by atoms with Crippen LogP contribution in [0.4, 0.5) is 5.00 Å². The number of amides is 1. The van der Waals surface area contributed by atoms with Crippen molar-refractivity contribution in [1.29, 1.82) is 0 Å². The number of esters is 1. The maximum atomic E-state index is 12.3.